The van der Waals surface area contributed by atoms with Crippen LogP contribution in [0.3, 0.4) is 0 Å². The van der Waals surface area contributed by atoms with Crippen molar-refractivity contribution in [2.24, 2.45) is 0 Å². The van der Waals surface area contributed by atoms with Crippen LogP contribution in [0.25, 0.3) is 37.8 Å². The van der Waals surface area contributed by atoms with Crippen LogP contribution in [0.2, 0.25) is 0 Å². The SMILES string of the molecule is S.S.[C-]#[N+]C[C@H]1CN(c2nc(OC[C@@H]3CCCN3C)nc3c(F)c(-c4cccc5cccc(C)c45)ncc23)CCN1C(=O)C(=C)F. The third kappa shape index (κ3) is 6.61. The number of aryl methyl sites for hydroxylation is 1. The number of hydrogen-bond donors (Lipinski definition) is 0. The van der Waals surface area contributed by atoms with E-state index in [0.717, 1.165) is 35.7 Å². The fourth-order valence-corrected chi connectivity index (χ4v) is 6.33. The summed E-state index contributed by atoms with van der Waals surface area (Å²) in [7, 11) is 2.04. The molecule has 0 spiro atoms. The molecule has 0 bridgehead atoms. The quantitative estimate of drug-likeness (QED) is 0.193. The molecule has 1 amide bonds. The molecule has 46 heavy (non-hydrogen) atoms. The Hall–Kier alpha value is -3.99. The first-order valence-corrected chi connectivity index (χ1v) is 14.7. The maximum atomic E-state index is 16.6. The summed E-state index contributed by atoms with van der Waals surface area (Å²) in [5.74, 6) is -2.11. The standard InChI is InChI=1S/C33H33F2N7O2.2H2S/c1-20-8-5-9-22-10-6-12-25(27(20)22)29-28(35)30-26(17-37-29)31(39-33(38-30)44-19-23-11-7-13-40(23)4)41-14-15-42(32(43)21(2)34)24(18-41)16-36-3;;/h5-6,8-10,12,17,23-24H,2,7,11,13-16,18-19H2,1,4H3;2*1H2/t23-,24-;;/m0../s1. The summed E-state index contributed by atoms with van der Waals surface area (Å²) in [6.07, 6.45) is 3.62. The normalized spacial score (nSPS) is 18.2. The van der Waals surface area contributed by atoms with E-state index in [1.165, 1.54) is 4.90 Å². The first-order chi connectivity index (χ1) is 21.3. The molecule has 6 rings (SSSR count). The zero-order valence-corrected chi connectivity index (χ0v) is 27.8. The van der Waals surface area contributed by atoms with Crippen LogP contribution in [-0.2, 0) is 4.79 Å². The predicted molar refractivity (Wildman–Crippen MR) is 186 cm³/mol. The number of piperazine rings is 1. The van der Waals surface area contributed by atoms with Crippen LogP contribution in [0.5, 0.6) is 6.01 Å². The van der Waals surface area contributed by atoms with Gasteiger partial charge in [0.05, 0.1) is 5.39 Å². The number of halogens is 2. The summed E-state index contributed by atoms with van der Waals surface area (Å²) in [6.45, 7) is 14.4. The topological polar surface area (TPSA) is 79.1 Å². The van der Waals surface area contributed by atoms with Crippen molar-refractivity contribution in [2.45, 2.75) is 31.8 Å². The van der Waals surface area contributed by atoms with Crippen molar-refractivity contribution >= 4 is 60.4 Å². The molecule has 2 aliphatic heterocycles. The summed E-state index contributed by atoms with van der Waals surface area (Å²) in [5.41, 5.74) is 1.90. The van der Waals surface area contributed by atoms with E-state index in [0.29, 0.717) is 23.4 Å². The lowest BCUT2D eigenvalue weighted by Gasteiger charge is -2.39. The number of fused-ring (bicyclic) bond motifs is 2. The van der Waals surface area contributed by atoms with Gasteiger partial charge in [0.15, 0.2) is 11.6 Å². The Morgan fingerprint density at radius 1 is 1.13 bits per heavy atom. The number of benzene rings is 2. The van der Waals surface area contributed by atoms with Gasteiger partial charge < -0.3 is 24.3 Å². The molecule has 2 aromatic carbocycles. The molecular weight excluding hydrogens is 629 g/mol. The fourth-order valence-electron chi connectivity index (χ4n) is 6.33. The van der Waals surface area contributed by atoms with Crippen molar-refractivity contribution in [1.29, 1.82) is 0 Å². The molecule has 0 N–H and O–H groups in total. The van der Waals surface area contributed by atoms with Gasteiger partial charge in [0.2, 0.25) is 6.54 Å². The van der Waals surface area contributed by atoms with Crippen molar-refractivity contribution in [3.63, 3.8) is 0 Å². The number of nitrogens with zero attached hydrogens (tertiary/aromatic N) is 7. The lowest BCUT2D eigenvalue weighted by molar-refractivity contribution is -0.131. The van der Waals surface area contributed by atoms with Crippen molar-refractivity contribution in [2.75, 3.05) is 51.3 Å². The number of rotatable bonds is 7. The molecule has 9 nitrogen and oxygen atoms in total. The van der Waals surface area contributed by atoms with E-state index in [9.17, 15) is 9.18 Å². The van der Waals surface area contributed by atoms with Crippen molar-refractivity contribution in [1.82, 2.24) is 24.8 Å². The van der Waals surface area contributed by atoms with Gasteiger partial charge >= 0.3 is 6.01 Å². The van der Waals surface area contributed by atoms with Crippen LogP contribution in [0.1, 0.15) is 18.4 Å². The molecule has 4 heterocycles. The molecule has 2 aromatic heterocycles. The highest BCUT2D eigenvalue weighted by Crippen LogP contribution is 2.36. The number of pyridine rings is 1. The molecule has 4 aromatic rings. The predicted octanol–water partition coefficient (Wildman–Crippen LogP) is 5.41. The molecule has 2 atom stereocenters. The number of carbonyl (C=O) groups excluding carboxylic acids is 1. The van der Waals surface area contributed by atoms with E-state index < -0.39 is 23.6 Å². The third-order valence-electron chi connectivity index (χ3n) is 8.67. The zero-order valence-electron chi connectivity index (χ0n) is 25.8. The highest BCUT2D eigenvalue weighted by Gasteiger charge is 2.35. The Balaban J connectivity index is 0.00000240. The largest absolute Gasteiger partial charge is 0.462 e. The van der Waals surface area contributed by atoms with E-state index >= 15 is 4.39 Å². The van der Waals surface area contributed by atoms with Gasteiger partial charge in [-0.15, -0.1) is 0 Å². The van der Waals surface area contributed by atoms with E-state index in [2.05, 4.69) is 26.3 Å². The van der Waals surface area contributed by atoms with Crippen LogP contribution < -0.4 is 9.64 Å². The number of ether oxygens (including phenoxy) is 1. The maximum absolute atomic E-state index is 16.6. The number of carbonyl (C=O) groups is 1. The average molecular weight is 666 g/mol. The van der Waals surface area contributed by atoms with Gasteiger partial charge in [-0.05, 0) is 49.7 Å². The Bertz CT molecular complexity index is 1810. The van der Waals surface area contributed by atoms with Crippen LogP contribution >= 0.6 is 27.0 Å². The molecule has 2 fully saturated rings. The number of likely N-dealkylation sites (N-methyl/N-ethyl adjacent to an activating group) is 1. The van der Waals surface area contributed by atoms with Gasteiger partial charge in [-0.25, -0.2) is 15.4 Å². The first-order valence-electron chi connectivity index (χ1n) is 14.7. The van der Waals surface area contributed by atoms with Crippen molar-refractivity contribution < 1.29 is 18.3 Å². The molecule has 0 aliphatic carbocycles. The molecule has 0 radical (unpaired) electrons. The monoisotopic (exact) mass is 665 g/mol. The molecule has 242 valence electrons. The fraction of sp³-hybridized carbons (Fsp3) is 0.364. The molecule has 0 saturated carbocycles. The Morgan fingerprint density at radius 3 is 2.59 bits per heavy atom. The number of likely N-dealkylation sites (tertiary alicyclic amines) is 1. The highest BCUT2D eigenvalue weighted by atomic mass is 32.1. The van der Waals surface area contributed by atoms with E-state index in [1.54, 1.807) is 6.20 Å². The van der Waals surface area contributed by atoms with Gasteiger partial charge in [0.25, 0.3) is 5.91 Å². The molecule has 2 saturated heterocycles. The summed E-state index contributed by atoms with van der Waals surface area (Å²) in [5, 5.41) is 2.27. The Labute approximate surface area is 281 Å². The van der Waals surface area contributed by atoms with Gasteiger partial charge in [-0.1, -0.05) is 43.0 Å². The minimum Gasteiger partial charge on any atom is -0.462 e. The number of aromatic nitrogens is 3. The molecule has 2 aliphatic rings. The van der Waals surface area contributed by atoms with Gasteiger partial charge in [0.1, 0.15) is 29.7 Å². The summed E-state index contributed by atoms with van der Waals surface area (Å²) in [4.78, 5) is 35.2. The maximum Gasteiger partial charge on any atom is 0.319 e. The number of anilines is 1. The second-order valence-corrected chi connectivity index (χ2v) is 11.4. The third-order valence-corrected chi connectivity index (χ3v) is 8.67. The van der Waals surface area contributed by atoms with Gasteiger partial charge in [-0.2, -0.15) is 37.0 Å². The van der Waals surface area contributed by atoms with Crippen molar-refractivity contribution in [3.05, 3.63) is 77.8 Å². The first kappa shape index (κ1) is 34.9. The molecule has 0 unspecified atom stereocenters. The van der Waals surface area contributed by atoms with Crippen molar-refractivity contribution in [3.8, 4) is 17.3 Å². The smallest absolute Gasteiger partial charge is 0.319 e. The second kappa shape index (κ2) is 14.6. The van der Waals surface area contributed by atoms with Gasteiger partial charge in [0, 0.05) is 37.4 Å². The average Bonchev–Trinajstić information content (AvgIpc) is 3.44. The van der Waals surface area contributed by atoms with Crippen LogP contribution in [0, 0.1) is 19.3 Å². The Kier molecular flexibility index (Phi) is 11.1. The van der Waals surface area contributed by atoms with Crippen LogP contribution in [0.15, 0.2) is 55.0 Å². The Morgan fingerprint density at radius 2 is 1.89 bits per heavy atom. The molecule has 13 heteroatoms. The van der Waals surface area contributed by atoms with E-state index in [1.807, 2.05) is 55.3 Å². The summed E-state index contributed by atoms with van der Waals surface area (Å²) in [6, 6.07) is 11.3. The van der Waals surface area contributed by atoms with Crippen LogP contribution in [0.4, 0.5) is 14.6 Å². The lowest BCUT2D eigenvalue weighted by Crippen LogP contribution is -2.56. The van der Waals surface area contributed by atoms with Crippen LogP contribution in [-0.4, -0.2) is 89.1 Å². The number of hydrogen-bond acceptors (Lipinski definition) is 7. The lowest BCUT2D eigenvalue weighted by atomic mass is 9.97. The summed E-state index contributed by atoms with van der Waals surface area (Å²) < 4.78 is 36.5. The minimum atomic E-state index is -1.07. The highest BCUT2D eigenvalue weighted by molar-refractivity contribution is 7.59. The zero-order chi connectivity index (χ0) is 31.0. The number of amides is 1. The second-order valence-electron chi connectivity index (χ2n) is 11.4. The summed E-state index contributed by atoms with van der Waals surface area (Å²) >= 11 is 0. The van der Waals surface area contributed by atoms with E-state index in [-0.39, 0.29) is 76.4 Å². The van der Waals surface area contributed by atoms with Gasteiger partial charge in [-0.3, -0.25) is 9.78 Å². The minimum absolute atomic E-state index is 0. The van der Waals surface area contributed by atoms with E-state index in [4.69, 9.17) is 16.3 Å². The molecular formula is C33H37F2N7O2S2.